The lowest BCUT2D eigenvalue weighted by Crippen LogP contribution is -2.45. The summed E-state index contributed by atoms with van der Waals surface area (Å²) in [7, 11) is 1.68. The molecule has 0 radical (unpaired) electrons. The van der Waals surface area contributed by atoms with Crippen molar-refractivity contribution in [1.82, 2.24) is 20.0 Å². The number of nitrogens with one attached hydrogen (secondary N) is 1. The van der Waals surface area contributed by atoms with Crippen molar-refractivity contribution in [3.63, 3.8) is 0 Å². The molecule has 7 nitrogen and oxygen atoms in total. The van der Waals surface area contributed by atoms with Gasteiger partial charge in [-0.15, -0.1) is 0 Å². The third-order valence-corrected chi connectivity index (χ3v) is 6.47. The summed E-state index contributed by atoms with van der Waals surface area (Å²) in [6.07, 6.45) is 3.56. The number of halogens is 2. The predicted molar refractivity (Wildman–Crippen MR) is 136 cm³/mol. The van der Waals surface area contributed by atoms with Gasteiger partial charge in [0, 0.05) is 48.7 Å². The molecule has 0 atom stereocenters. The molecular formula is C27H23ClFN5O2. The summed E-state index contributed by atoms with van der Waals surface area (Å²) < 4.78 is 16.2. The quantitative estimate of drug-likeness (QED) is 0.395. The first-order valence-corrected chi connectivity index (χ1v) is 11.7. The average Bonchev–Trinajstić information content (AvgIpc) is 3.42. The Morgan fingerprint density at radius 2 is 1.94 bits per heavy atom. The number of carbonyl (C=O) groups excluding carboxylic acids is 2. The first-order valence-electron chi connectivity index (χ1n) is 11.4. The van der Waals surface area contributed by atoms with Gasteiger partial charge in [-0.1, -0.05) is 35.9 Å². The summed E-state index contributed by atoms with van der Waals surface area (Å²) in [6, 6.07) is 18.9. The van der Waals surface area contributed by atoms with Gasteiger partial charge in [-0.3, -0.25) is 9.69 Å². The highest BCUT2D eigenvalue weighted by molar-refractivity contribution is 6.31. The van der Waals surface area contributed by atoms with E-state index in [2.05, 4.69) is 10.4 Å². The van der Waals surface area contributed by atoms with E-state index in [1.807, 2.05) is 42.6 Å². The van der Waals surface area contributed by atoms with Crippen LogP contribution in [0.4, 0.5) is 14.9 Å². The number of nitrogens with zero attached hydrogens (tertiary/aromatic N) is 4. The van der Waals surface area contributed by atoms with E-state index < -0.39 is 5.82 Å². The predicted octanol–water partition coefficient (Wildman–Crippen LogP) is 5.17. The van der Waals surface area contributed by atoms with Crippen LogP contribution in [0.25, 0.3) is 5.69 Å². The molecule has 5 rings (SSSR count). The third kappa shape index (κ3) is 4.67. The zero-order valence-corrected chi connectivity index (χ0v) is 20.2. The van der Waals surface area contributed by atoms with E-state index in [1.165, 1.54) is 17.0 Å². The molecule has 2 heterocycles. The van der Waals surface area contributed by atoms with Crippen molar-refractivity contribution in [2.75, 3.05) is 11.9 Å². The molecule has 0 unspecified atom stereocenters. The van der Waals surface area contributed by atoms with Crippen LogP contribution < -0.4 is 10.2 Å². The Bertz CT molecular complexity index is 1420. The van der Waals surface area contributed by atoms with Crippen LogP contribution >= 0.6 is 11.6 Å². The highest BCUT2D eigenvalue weighted by Gasteiger charge is 2.30. The molecular weight excluding hydrogens is 481 g/mol. The van der Waals surface area contributed by atoms with Crippen molar-refractivity contribution >= 4 is 29.2 Å². The summed E-state index contributed by atoms with van der Waals surface area (Å²) in [5.74, 6) is -0.770. The minimum Gasteiger partial charge on any atom is -0.348 e. The fourth-order valence-corrected chi connectivity index (χ4v) is 4.45. The van der Waals surface area contributed by atoms with Gasteiger partial charge in [0.1, 0.15) is 5.82 Å². The number of hydrogen-bond acceptors (Lipinski definition) is 3. The van der Waals surface area contributed by atoms with E-state index in [9.17, 15) is 14.0 Å². The van der Waals surface area contributed by atoms with Crippen LogP contribution in [-0.4, -0.2) is 33.7 Å². The largest absolute Gasteiger partial charge is 0.348 e. The zero-order chi connectivity index (χ0) is 25.2. The molecule has 3 aromatic carbocycles. The van der Waals surface area contributed by atoms with Gasteiger partial charge in [0.15, 0.2) is 0 Å². The van der Waals surface area contributed by atoms with Gasteiger partial charge in [-0.25, -0.2) is 13.9 Å². The lowest BCUT2D eigenvalue weighted by molar-refractivity contribution is 0.0950. The lowest BCUT2D eigenvalue weighted by Gasteiger charge is -2.35. The minimum absolute atomic E-state index is 0.0486. The van der Waals surface area contributed by atoms with E-state index in [0.29, 0.717) is 24.3 Å². The highest BCUT2D eigenvalue weighted by atomic mass is 35.5. The molecule has 0 spiro atoms. The van der Waals surface area contributed by atoms with Gasteiger partial charge in [0.05, 0.1) is 17.9 Å². The van der Waals surface area contributed by atoms with Gasteiger partial charge >= 0.3 is 6.03 Å². The van der Waals surface area contributed by atoms with E-state index in [4.69, 9.17) is 11.6 Å². The maximum Gasteiger partial charge on any atom is 0.324 e. The molecule has 0 fully saturated rings. The van der Waals surface area contributed by atoms with E-state index in [0.717, 1.165) is 16.8 Å². The van der Waals surface area contributed by atoms with Crippen LogP contribution in [0.5, 0.6) is 0 Å². The summed E-state index contributed by atoms with van der Waals surface area (Å²) in [6.45, 7) is 0.659. The van der Waals surface area contributed by atoms with Crippen molar-refractivity contribution in [3.05, 3.63) is 112 Å². The normalized spacial score (nSPS) is 13.0. The van der Waals surface area contributed by atoms with Crippen LogP contribution in [0.1, 0.15) is 27.0 Å². The third-order valence-electron chi connectivity index (χ3n) is 6.11. The van der Waals surface area contributed by atoms with Crippen LogP contribution in [0, 0.1) is 5.82 Å². The zero-order valence-electron chi connectivity index (χ0n) is 19.5. The molecule has 1 N–H and O–H groups in total. The van der Waals surface area contributed by atoms with Crippen molar-refractivity contribution in [1.29, 1.82) is 0 Å². The second-order valence-corrected chi connectivity index (χ2v) is 8.98. The number of amides is 3. The Balaban J connectivity index is 1.37. The van der Waals surface area contributed by atoms with E-state index in [-0.39, 0.29) is 29.1 Å². The van der Waals surface area contributed by atoms with Crippen molar-refractivity contribution in [2.24, 2.45) is 0 Å². The number of carbonyl (C=O) groups is 2. The molecule has 36 heavy (non-hydrogen) atoms. The standard InChI is InChI=1S/C27H23ClFN5O2/c1-32-16-20-10-9-19(14-25(20)33(27(32)36)17-22-23(28)7-3-8-24(22)29)26(35)30-15-18-5-2-6-21(13-18)34-12-4-11-31-34/h2-14H,15-17H2,1H3,(H,30,35). The van der Waals surface area contributed by atoms with Crippen LogP contribution in [-0.2, 0) is 19.6 Å². The number of anilines is 1. The van der Waals surface area contributed by atoms with Gasteiger partial charge in [-0.05, 0) is 53.6 Å². The number of hydrogen-bond donors (Lipinski definition) is 1. The number of aromatic nitrogens is 2. The molecule has 1 aliphatic rings. The number of urea groups is 1. The fourth-order valence-electron chi connectivity index (χ4n) is 4.23. The number of benzene rings is 3. The highest BCUT2D eigenvalue weighted by Crippen LogP contribution is 2.32. The maximum absolute atomic E-state index is 14.5. The molecule has 0 aliphatic carbocycles. The maximum atomic E-state index is 14.5. The Morgan fingerprint density at radius 3 is 2.72 bits per heavy atom. The second kappa shape index (κ2) is 9.83. The fraction of sp³-hybridized carbons (Fsp3) is 0.148. The van der Waals surface area contributed by atoms with Crippen molar-refractivity contribution in [3.8, 4) is 5.69 Å². The van der Waals surface area contributed by atoms with Crippen LogP contribution in [0.3, 0.4) is 0 Å². The topological polar surface area (TPSA) is 70.5 Å². The molecule has 0 bridgehead atoms. The molecule has 1 aromatic heterocycles. The molecule has 9 heteroatoms. The van der Waals surface area contributed by atoms with Crippen molar-refractivity contribution in [2.45, 2.75) is 19.6 Å². The molecule has 0 saturated carbocycles. The van der Waals surface area contributed by atoms with Gasteiger partial charge in [0.25, 0.3) is 5.91 Å². The summed E-state index contributed by atoms with van der Waals surface area (Å²) in [4.78, 5) is 29.0. The molecule has 4 aromatic rings. The SMILES string of the molecule is CN1Cc2ccc(C(=O)NCc3cccc(-n4cccn4)c3)cc2N(Cc2c(F)cccc2Cl)C1=O. The monoisotopic (exact) mass is 503 g/mol. The molecule has 1 aliphatic heterocycles. The van der Waals surface area contributed by atoms with Gasteiger partial charge in [-0.2, -0.15) is 5.10 Å². The Morgan fingerprint density at radius 1 is 1.11 bits per heavy atom. The summed E-state index contributed by atoms with van der Waals surface area (Å²) in [5, 5.41) is 7.41. The van der Waals surface area contributed by atoms with Crippen LogP contribution in [0.15, 0.2) is 79.1 Å². The molecule has 182 valence electrons. The number of rotatable bonds is 6. The Hall–Kier alpha value is -4.17. The van der Waals surface area contributed by atoms with E-state index >= 15 is 0 Å². The Labute approximate surface area is 212 Å². The lowest BCUT2D eigenvalue weighted by atomic mass is 10.0. The average molecular weight is 504 g/mol. The Kier molecular flexibility index (Phi) is 6.43. The van der Waals surface area contributed by atoms with E-state index in [1.54, 1.807) is 41.0 Å². The van der Waals surface area contributed by atoms with Crippen molar-refractivity contribution < 1.29 is 14.0 Å². The molecule has 3 amide bonds. The van der Waals surface area contributed by atoms with Gasteiger partial charge < -0.3 is 10.2 Å². The summed E-state index contributed by atoms with van der Waals surface area (Å²) >= 11 is 6.22. The first kappa shape index (κ1) is 23.6. The first-order chi connectivity index (χ1) is 17.4. The molecule has 0 saturated heterocycles. The van der Waals surface area contributed by atoms with Crippen LogP contribution in [0.2, 0.25) is 5.02 Å². The second-order valence-electron chi connectivity index (χ2n) is 8.57. The summed E-state index contributed by atoms with van der Waals surface area (Å²) in [5.41, 5.74) is 3.85. The smallest absolute Gasteiger partial charge is 0.324 e. The minimum atomic E-state index is -0.490. The van der Waals surface area contributed by atoms with Gasteiger partial charge in [0.2, 0.25) is 0 Å². The number of fused-ring (bicyclic) bond motifs is 1.